The van der Waals surface area contributed by atoms with Crippen LogP contribution in [0.3, 0.4) is 0 Å². The minimum absolute atomic E-state index is 0.00814. The van der Waals surface area contributed by atoms with E-state index in [1.807, 2.05) is 17.5 Å². The van der Waals surface area contributed by atoms with E-state index in [0.717, 1.165) is 4.88 Å². The number of piperidine rings is 1. The number of carbonyl (C=O) groups excluding carboxylic acids is 2. The van der Waals surface area contributed by atoms with Crippen molar-refractivity contribution in [2.45, 2.75) is 18.1 Å². The van der Waals surface area contributed by atoms with Crippen LogP contribution in [-0.2, 0) is 9.59 Å². The Labute approximate surface area is 141 Å². The minimum atomic E-state index is -0.279. The summed E-state index contributed by atoms with van der Waals surface area (Å²) in [7, 11) is 0. The van der Waals surface area contributed by atoms with Gasteiger partial charge in [-0.3, -0.25) is 9.59 Å². The normalized spacial score (nSPS) is 15.7. The van der Waals surface area contributed by atoms with Crippen LogP contribution >= 0.6 is 23.1 Å². The molecule has 1 saturated heterocycles. The predicted octanol–water partition coefficient (Wildman–Crippen LogP) is 1.61. The second-order valence-electron chi connectivity index (χ2n) is 5.20. The smallest absolute Gasteiger partial charge is 0.277 e. The van der Waals surface area contributed by atoms with Crippen LogP contribution in [0.4, 0.5) is 0 Å². The number of likely N-dealkylation sites (tertiary alicyclic amines) is 1. The number of primary amides is 1. The molecule has 2 aromatic heterocycles. The Morgan fingerprint density at radius 1 is 1.39 bits per heavy atom. The highest BCUT2D eigenvalue weighted by molar-refractivity contribution is 7.99. The molecule has 0 spiro atoms. The number of rotatable bonds is 5. The maximum atomic E-state index is 12.2. The largest absolute Gasteiger partial charge is 0.410 e. The van der Waals surface area contributed by atoms with Gasteiger partial charge in [-0.25, -0.2) is 0 Å². The Morgan fingerprint density at radius 3 is 2.83 bits per heavy atom. The van der Waals surface area contributed by atoms with E-state index in [4.69, 9.17) is 10.2 Å². The fraction of sp³-hybridized carbons (Fsp3) is 0.429. The Morgan fingerprint density at radius 2 is 2.17 bits per heavy atom. The molecule has 0 radical (unpaired) electrons. The number of aromatic nitrogens is 2. The van der Waals surface area contributed by atoms with Crippen molar-refractivity contribution >= 4 is 34.9 Å². The lowest BCUT2D eigenvalue weighted by molar-refractivity contribution is -0.132. The van der Waals surface area contributed by atoms with E-state index >= 15 is 0 Å². The van der Waals surface area contributed by atoms with Gasteiger partial charge in [-0.15, -0.1) is 21.5 Å². The number of hydrogen-bond donors (Lipinski definition) is 1. The van der Waals surface area contributed by atoms with Crippen LogP contribution in [0.1, 0.15) is 12.8 Å². The topological polar surface area (TPSA) is 102 Å². The van der Waals surface area contributed by atoms with Gasteiger partial charge >= 0.3 is 0 Å². The molecule has 23 heavy (non-hydrogen) atoms. The summed E-state index contributed by atoms with van der Waals surface area (Å²) in [5.41, 5.74) is 5.29. The van der Waals surface area contributed by atoms with E-state index < -0.39 is 0 Å². The van der Waals surface area contributed by atoms with Crippen LogP contribution in [0.2, 0.25) is 0 Å². The molecule has 0 unspecified atom stereocenters. The van der Waals surface area contributed by atoms with E-state index in [-0.39, 0.29) is 23.5 Å². The fourth-order valence-corrected chi connectivity index (χ4v) is 3.71. The summed E-state index contributed by atoms with van der Waals surface area (Å²) < 4.78 is 5.53. The number of carbonyl (C=O) groups is 2. The number of nitrogens with zero attached hydrogens (tertiary/aromatic N) is 3. The number of hydrogen-bond acceptors (Lipinski definition) is 7. The van der Waals surface area contributed by atoms with E-state index in [1.54, 1.807) is 4.90 Å². The summed E-state index contributed by atoms with van der Waals surface area (Å²) in [5, 5.41) is 10.2. The number of nitrogens with two attached hydrogens (primary N) is 1. The van der Waals surface area contributed by atoms with Gasteiger partial charge in [-0.1, -0.05) is 17.8 Å². The van der Waals surface area contributed by atoms with Crippen molar-refractivity contribution in [2.24, 2.45) is 11.7 Å². The van der Waals surface area contributed by atoms with Crippen LogP contribution < -0.4 is 5.73 Å². The predicted molar refractivity (Wildman–Crippen MR) is 86.8 cm³/mol. The van der Waals surface area contributed by atoms with Crippen molar-refractivity contribution in [2.75, 3.05) is 18.8 Å². The summed E-state index contributed by atoms with van der Waals surface area (Å²) in [4.78, 5) is 26.0. The lowest BCUT2D eigenvalue weighted by atomic mass is 9.96. The zero-order valence-corrected chi connectivity index (χ0v) is 13.9. The van der Waals surface area contributed by atoms with Gasteiger partial charge in [-0.2, -0.15) is 0 Å². The van der Waals surface area contributed by atoms with E-state index in [0.29, 0.717) is 37.0 Å². The highest BCUT2D eigenvalue weighted by Crippen LogP contribution is 2.27. The molecule has 1 aliphatic rings. The molecule has 3 rings (SSSR count). The average Bonchev–Trinajstić information content (AvgIpc) is 3.23. The quantitative estimate of drug-likeness (QED) is 0.820. The summed E-state index contributed by atoms with van der Waals surface area (Å²) in [6.45, 7) is 1.13. The first-order valence-corrected chi connectivity index (χ1v) is 9.07. The third-order valence-corrected chi connectivity index (χ3v) is 5.37. The molecule has 2 aromatic rings. The van der Waals surface area contributed by atoms with Crippen LogP contribution in [-0.4, -0.2) is 45.8 Å². The molecule has 0 aromatic carbocycles. The Bertz CT molecular complexity index is 678. The van der Waals surface area contributed by atoms with Crippen molar-refractivity contribution in [1.82, 2.24) is 15.1 Å². The Hall–Kier alpha value is -1.87. The van der Waals surface area contributed by atoms with Gasteiger partial charge < -0.3 is 15.1 Å². The zero-order valence-electron chi connectivity index (χ0n) is 12.3. The van der Waals surface area contributed by atoms with Crippen LogP contribution in [0.25, 0.3) is 10.8 Å². The molecular weight excluding hydrogens is 336 g/mol. The van der Waals surface area contributed by atoms with Gasteiger partial charge in [0.2, 0.25) is 11.8 Å². The van der Waals surface area contributed by atoms with Gasteiger partial charge in [-0.05, 0) is 24.3 Å². The lowest BCUT2D eigenvalue weighted by Crippen LogP contribution is -2.42. The summed E-state index contributed by atoms with van der Waals surface area (Å²) in [5.74, 6) is 0.327. The molecule has 9 heteroatoms. The standard InChI is InChI=1S/C14H16N4O3S2/c15-12(20)9-3-5-18(6-4-9)11(19)8-23-14-17-16-13(21-14)10-2-1-7-22-10/h1-2,7,9H,3-6,8H2,(H2,15,20). The summed E-state index contributed by atoms with van der Waals surface area (Å²) in [6, 6.07) is 3.82. The van der Waals surface area contributed by atoms with Crippen molar-refractivity contribution in [3.63, 3.8) is 0 Å². The molecule has 0 aliphatic carbocycles. The monoisotopic (exact) mass is 352 g/mol. The third kappa shape index (κ3) is 3.91. The highest BCUT2D eigenvalue weighted by atomic mass is 32.2. The molecular formula is C14H16N4O3S2. The number of thiophene rings is 1. The Balaban J connectivity index is 1.49. The summed E-state index contributed by atoms with van der Waals surface area (Å²) >= 11 is 2.75. The van der Waals surface area contributed by atoms with Gasteiger partial charge in [0, 0.05) is 19.0 Å². The second kappa shape index (κ2) is 7.14. The van der Waals surface area contributed by atoms with Crippen LogP contribution in [0, 0.1) is 5.92 Å². The van der Waals surface area contributed by atoms with Gasteiger partial charge in [0.15, 0.2) is 0 Å². The second-order valence-corrected chi connectivity index (χ2v) is 7.07. The minimum Gasteiger partial charge on any atom is -0.410 e. The zero-order chi connectivity index (χ0) is 16.2. The van der Waals surface area contributed by atoms with Crippen molar-refractivity contribution in [3.8, 4) is 10.8 Å². The number of amides is 2. The first-order valence-electron chi connectivity index (χ1n) is 7.21. The molecule has 2 amide bonds. The first kappa shape index (κ1) is 16.0. The lowest BCUT2D eigenvalue weighted by Gasteiger charge is -2.30. The maximum Gasteiger partial charge on any atom is 0.277 e. The highest BCUT2D eigenvalue weighted by Gasteiger charge is 2.26. The first-order chi connectivity index (χ1) is 11.1. The SMILES string of the molecule is NC(=O)C1CCN(C(=O)CSc2nnc(-c3cccs3)o2)CC1. The molecule has 1 fully saturated rings. The molecule has 0 atom stereocenters. The molecule has 2 N–H and O–H groups in total. The average molecular weight is 352 g/mol. The molecule has 122 valence electrons. The van der Waals surface area contributed by atoms with Crippen molar-refractivity contribution < 1.29 is 14.0 Å². The Kier molecular flexibility index (Phi) is 4.97. The van der Waals surface area contributed by atoms with Crippen LogP contribution in [0.5, 0.6) is 0 Å². The van der Waals surface area contributed by atoms with E-state index in [2.05, 4.69) is 10.2 Å². The fourth-order valence-electron chi connectivity index (χ4n) is 2.40. The van der Waals surface area contributed by atoms with Gasteiger partial charge in [0.05, 0.1) is 10.6 Å². The van der Waals surface area contributed by atoms with Crippen molar-refractivity contribution in [1.29, 1.82) is 0 Å². The molecule has 7 nitrogen and oxygen atoms in total. The van der Waals surface area contributed by atoms with E-state index in [1.165, 1.54) is 23.1 Å². The van der Waals surface area contributed by atoms with Gasteiger partial charge in [0.25, 0.3) is 11.1 Å². The third-order valence-electron chi connectivity index (χ3n) is 3.71. The molecule has 1 aliphatic heterocycles. The molecule has 3 heterocycles. The molecule has 0 bridgehead atoms. The van der Waals surface area contributed by atoms with Gasteiger partial charge in [0.1, 0.15) is 0 Å². The number of thioether (sulfide) groups is 1. The van der Waals surface area contributed by atoms with E-state index in [9.17, 15) is 9.59 Å². The van der Waals surface area contributed by atoms with Crippen molar-refractivity contribution in [3.05, 3.63) is 17.5 Å². The molecule has 0 saturated carbocycles. The summed E-state index contributed by atoms with van der Waals surface area (Å²) in [6.07, 6.45) is 1.27. The maximum absolute atomic E-state index is 12.2. The van der Waals surface area contributed by atoms with Crippen LogP contribution in [0.15, 0.2) is 27.2 Å².